The Hall–Kier alpha value is -0.0800. The fourth-order valence-corrected chi connectivity index (χ4v) is 3.09. The van der Waals surface area contributed by atoms with E-state index in [9.17, 15) is 5.11 Å². The molecule has 0 spiro atoms. The number of hydrogen-bond acceptors (Lipinski definition) is 2. The molecule has 2 aliphatic rings. The highest BCUT2D eigenvalue weighted by molar-refractivity contribution is 4.86. The molecule has 2 nitrogen and oxygen atoms in total. The van der Waals surface area contributed by atoms with Gasteiger partial charge in [-0.2, -0.15) is 0 Å². The summed E-state index contributed by atoms with van der Waals surface area (Å²) in [5.41, 5.74) is 0. The molecule has 15 heavy (non-hydrogen) atoms. The monoisotopic (exact) mass is 211 g/mol. The lowest BCUT2D eigenvalue weighted by atomic mass is 10.0. The number of hydrogen-bond donors (Lipinski definition) is 2. The first-order chi connectivity index (χ1) is 7.25. The number of aliphatic hydroxyl groups excluding tert-OH is 1. The Labute approximate surface area is 93.5 Å². The second-order valence-electron chi connectivity index (χ2n) is 5.58. The van der Waals surface area contributed by atoms with Crippen LogP contribution in [0.1, 0.15) is 58.3 Å². The standard InChI is InChI=1S/C13H25NO/c1-10-4-2-5-11(9-8-10)14-12-6-3-7-13(12)15/h10-15H,2-9H2,1H3/t10?,11?,12-,13-/m1/s1. The van der Waals surface area contributed by atoms with Crippen molar-refractivity contribution in [1.29, 1.82) is 0 Å². The molecule has 0 heterocycles. The largest absolute Gasteiger partial charge is 0.392 e. The molecule has 2 rings (SSSR count). The van der Waals surface area contributed by atoms with Crippen molar-refractivity contribution in [1.82, 2.24) is 5.32 Å². The first-order valence-corrected chi connectivity index (χ1v) is 6.70. The second kappa shape index (κ2) is 5.31. The average Bonchev–Trinajstić information content (AvgIpc) is 2.48. The summed E-state index contributed by atoms with van der Waals surface area (Å²) in [4.78, 5) is 0. The predicted octanol–water partition coefficient (Wildman–Crippen LogP) is 2.46. The lowest BCUT2D eigenvalue weighted by Gasteiger charge is -2.24. The minimum absolute atomic E-state index is 0.0781. The molecule has 4 atom stereocenters. The Morgan fingerprint density at radius 3 is 2.47 bits per heavy atom. The van der Waals surface area contributed by atoms with Gasteiger partial charge in [0, 0.05) is 12.1 Å². The SMILES string of the molecule is CC1CCCC(N[C@@H]2CCC[C@H]2O)CC1. The summed E-state index contributed by atoms with van der Waals surface area (Å²) in [5, 5.41) is 13.5. The molecule has 0 amide bonds. The summed E-state index contributed by atoms with van der Waals surface area (Å²) in [6, 6.07) is 1.07. The Balaban J connectivity index is 1.78. The van der Waals surface area contributed by atoms with Crippen molar-refractivity contribution in [2.75, 3.05) is 0 Å². The average molecular weight is 211 g/mol. The van der Waals surface area contributed by atoms with Gasteiger partial charge in [-0.1, -0.05) is 19.8 Å². The molecule has 2 fully saturated rings. The third-order valence-electron chi connectivity index (χ3n) is 4.19. The molecule has 2 aliphatic carbocycles. The molecule has 0 aromatic carbocycles. The third-order valence-corrected chi connectivity index (χ3v) is 4.19. The first-order valence-electron chi connectivity index (χ1n) is 6.70. The van der Waals surface area contributed by atoms with Crippen molar-refractivity contribution in [3.63, 3.8) is 0 Å². The molecule has 2 saturated carbocycles. The van der Waals surface area contributed by atoms with Gasteiger partial charge in [0.1, 0.15) is 0 Å². The molecule has 0 aromatic rings. The van der Waals surface area contributed by atoms with Gasteiger partial charge in [0.25, 0.3) is 0 Å². The minimum atomic E-state index is -0.0781. The summed E-state index contributed by atoms with van der Waals surface area (Å²) in [6.45, 7) is 2.37. The number of nitrogens with one attached hydrogen (secondary N) is 1. The highest BCUT2D eigenvalue weighted by atomic mass is 16.3. The Morgan fingerprint density at radius 2 is 1.73 bits per heavy atom. The van der Waals surface area contributed by atoms with E-state index in [0.29, 0.717) is 12.1 Å². The Morgan fingerprint density at radius 1 is 0.933 bits per heavy atom. The van der Waals surface area contributed by atoms with Crippen LogP contribution in [0, 0.1) is 5.92 Å². The van der Waals surface area contributed by atoms with Gasteiger partial charge in [0.05, 0.1) is 6.10 Å². The van der Waals surface area contributed by atoms with Gasteiger partial charge in [0.15, 0.2) is 0 Å². The summed E-state index contributed by atoms with van der Waals surface area (Å²) in [5.74, 6) is 0.908. The van der Waals surface area contributed by atoms with Crippen LogP contribution in [0.25, 0.3) is 0 Å². The smallest absolute Gasteiger partial charge is 0.0693 e. The van der Waals surface area contributed by atoms with E-state index in [1.807, 2.05) is 0 Å². The fraction of sp³-hybridized carbons (Fsp3) is 1.00. The Bertz CT molecular complexity index is 195. The number of aliphatic hydroxyl groups is 1. The van der Waals surface area contributed by atoms with Crippen LogP contribution in [-0.2, 0) is 0 Å². The van der Waals surface area contributed by atoms with Crippen molar-refractivity contribution in [2.45, 2.75) is 76.5 Å². The van der Waals surface area contributed by atoms with Crippen LogP contribution in [0.4, 0.5) is 0 Å². The van der Waals surface area contributed by atoms with Gasteiger partial charge in [0.2, 0.25) is 0 Å². The van der Waals surface area contributed by atoms with Crippen LogP contribution in [0.2, 0.25) is 0 Å². The highest BCUT2D eigenvalue weighted by Crippen LogP contribution is 2.25. The zero-order chi connectivity index (χ0) is 10.7. The van der Waals surface area contributed by atoms with E-state index in [0.717, 1.165) is 12.3 Å². The summed E-state index contributed by atoms with van der Waals surface area (Å²) in [7, 11) is 0. The lowest BCUT2D eigenvalue weighted by Crippen LogP contribution is -2.42. The topological polar surface area (TPSA) is 32.3 Å². The van der Waals surface area contributed by atoms with E-state index in [1.54, 1.807) is 0 Å². The third kappa shape index (κ3) is 3.18. The molecule has 0 aromatic heterocycles. The fourth-order valence-electron chi connectivity index (χ4n) is 3.09. The van der Waals surface area contributed by atoms with Crippen molar-refractivity contribution in [3.05, 3.63) is 0 Å². The molecule has 0 saturated heterocycles. The zero-order valence-corrected chi connectivity index (χ0v) is 9.91. The van der Waals surface area contributed by atoms with Crippen molar-refractivity contribution >= 4 is 0 Å². The van der Waals surface area contributed by atoms with Crippen LogP contribution in [0.5, 0.6) is 0 Å². The van der Waals surface area contributed by atoms with Gasteiger partial charge in [-0.15, -0.1) is 0 Å². The summed E-state index contributed by atoms with van der Waals surface area (Å²) < 4.78 is 0. The van der Waals surface area contributed by atoms with E-state index >= 15 is 0 Å². The van der Waals surface area contributed by atoms with Crippen molar-refractivity contribution in [2.24, 2.45) is 5.92 Å². The normalized spacial score (nSPS) is 42.8. The molecular weight excluding hydrogens is 186 g/mol. The van der Waals surface area contributed by atoms with E-state index < -0.39 is 0 Å². The predicted molar refractivity (Wildman–Crippen MR) is 62.8 cm³/mol. The maximum absolute atomic E-state index is 9.78. The van der Waals surface area contributed by atoms with Crippen LogP contribution in [-0.4, -0.2) is 23.3 Å². The Kier molecular flexibility index (Phi) is 4.04. The van der Waals surface area contributed by atoms with E-state index in [2.05, 4.69) is 12.2 Å². The summed E-state index contributed by atoms with van der Waals surface area (Å²) >= 11 is 0. The maximum Gasteiger partial charge on any atom is 0.0693 e. The summed E-state index contributed by atoms with van der Waals surface area (Å²) in [6.07, 6.45) is 10.0. The number of rotatable bonds is 2. The van der Waals surface area contributed by atoms with Crippen LogP contribution in [0.3, 0.4) is 0 Å². The maximum atomic E-state index is 9.78. The molecular formula is C13H25NO. The van der Waals surface area contributed by atoms with E-state index in [4.69, 9.17) is 0 Å². The first kappa shape index (κ1) is 11.4. The zero-order valence-electron chi connectivity index (χ0n) is 9.91. The molecule has 0 radical (unpaired) electrons. The quantitative estimate of drug-likeness (QED) is 0.688. The van der Waals surface area contributed by atoms with Gasteiger partial charge >= 0.3 is 0 Å². The molecule has 2 heteroatoms. The van der Waals surface area contributed by atoms with E-state index in [1.165, 1.54) is 44.9 Å². The second-order valence-corrected chi connectivity index (χ2v) is 5.58. The minimum Gasteiger partial charge on any atom is -0.392 e. The molecule has 2 N–H and O–H groups in total. The van der Waals surface area contributed by atoms with Gasteiger partial charge in [-0.3, -0.25) is 0 Å². The van der Waals surface area contributed by atoms with Gasteiger partial charge in [-0.25, -0.2) is 0 Å². The van der Waals surface area contributed by atoms with Gasteiger partial charge in [-0.05, 0) is 44.4 Å². The van der Waals surface area contributed by atoms with Crippen molar-refractivity contribution < 1.29 is 5.11 Å². The van der Waals surface area contributed by atoms with Crippen LogP contribution >= 0.6 is 0 Å². The molecule has 88 valence electrons. The van der Waals surface area contributed by atoms with E-state index in [-0.39, 0.29) is 6.10 Å². The molecule has 2 unspecified atom stereocenters. The van der Waals surface area contributed by atoms with Gasteiger partial charge < -0.3 is 10.4 Å². The van der Waals surface area contributed by atoms with Crippen molar-refractivity contribution in [3.8, 4) is 0 Å². The van der Waals surface area contributed by atoms with Crippen LogP contribution < -0.4 is 5.32 Å². The highest BCUT2D eigenvalue weighted by Gasteiger charge is 2.27. The molecule has 0 bridgehead atoms. The van der Waals surface area contributed by atoms with Crippen LogP contribution in [0.15, 0.2) is 0 Å². The lowest BCUT2D eigenvalue weighted by molar-refractivity contribution is 0.141. The molecule has 0 aliphatic heterocycles.